The number of nitrogens with zero attached hydrogens (tertiary/aromatic N) is 5. The quantitative estimate of drug-likeness (QED) is 0.646. The van der Waals surface area contributed by atoms with Crippen LogP contribution in [-0.4, -0.2) is 50.5 Å². The average Bonchev–Trinajstić information content (AvgIpc) is 2.90. The van der Waals surface area contributed by atoms with Crippen molar-refractivity contribution in [1.29, 1.82) is 0 Å². The van der Waals surface area contributed by atoms with Gasteiger partial charge in [-0.15, -0.1) is 0 Å². The molecule has 4 heterocycles. The molecule has 0 saturated heterocycles. The van der Waals surface area contributed by atoms with E-state index in [0.29, 0.717) is 43.1 Å². The van der Waals surface area contributed by atoms with Gasteiger partial charge in [-0.1, -0.05) is 0 Å². The molecule has 0 aliphatic carbocycles. The minimum Gasteiger partial charge on any atom is -0.297 e. The van der Waals surface area contributed by atoms with Gasteiger partial charge in [0.25, 0.3) is 5.56 Å². The Bertz CT molecular complexity index is 1160. The second-order valence-electron chi connectivity index (χ2n) is 6.46. The van der Waals surface area contributed by atoms with Crippen LogP contribution in [0.5, 0.6) is 0 Å². The van der Waals surface area contributed by atoms with Crippen molar-refractivity contribution >= 4 is 15.6 Å². The number of rotatable bonds is 3. The molecule has 1 N–H and O–H groups in total. The zero-order valence-electron chi connectivity index (χ0n) is 14.4. The molecule has 3 aromatic heterocycles. The van der Waals surface area contributed by atoms with E-state index in [9.17, 15) is 13.2 Å². The number of aromatic nitrogens is 5. The highest BCUT2D eigenvalue weighted by Gasteiger charge is 2.24. The first-order valence-corrected chi connectivity index (χ1v) is 10.0. The fraction of sp³-hybridized carbons (Fsp3) is 0.375. The molecule has 0 bridgehead atoms. The topological polar surface area (TPSA) is 113 Å². The van der Waals surface area contributed by atoms with Crippen LogP contribution < -0.4 is 5.56 Å². The van der Waals surface area contributed by atoms with E-state index >= 15 is 0 Å². The highest BCUT2D eigenvalue weighted by Crippen LogP contribution is 2.19. The third-order valence-electron chi connectivity index (χ3n) is 4.55. The highest BCUT2D eigenvalue weighted by atomic mass is 32.2. The Kier molecular flexibility index (Phi) is 3.88. The first-order chi connectivity index (χ1) is 12.3. The summed E-state index contributed by atoms with van der Waals surface area (Å²) in [6, 6.07) is 1.85. The van der Waals surface area contributed by atoms with Crippen LogP contribution in [0, 0.1) is 6.92 Å². The van der Waals surface area contributed by atoms with Crippen molar-refractivity contribution in [1.82, 2.24) is 29.2 Å². The first kappa shape index (κ1) is 16.9. The van der Waals surface area contributed by atoms with Gasteiger partial charge in [0, 0.05) is 44.7 Å². The molecule has 3 aromatic rings. The minimum absolute atomic E-state index is 0.265. The molecule has 0 fully saturated rings. The molecule has 0 saturated carbocycles. The van der Waals surface area contributed by atoms with Crippen LogP contribution in [0.4, 0.5) is 0 Å². The van der Waals surface area contributed by atoms with E-state index in [4.69, 9.17) is 0 Å². The largest absolute Gasteiger partial charge is 0.297 e. The molecule has 0 aromatic carbocycles. The Hall–Kier alpha value is -2.59. The lowest BCUT2D eigenvalue weighted by atomic mass is 10.1. The lowest BCUT2D eigenvalue weighted by Gasteiger charge is -2.27. The summed E-state index contributed by atoms with van der Waals surface area (Å²) in [4.78, 5) is 29.7. The molecule has 0 unspecified atom stereocenters. The molecule has 136 valence electrons. The second-order valence-corrected chi connectivity index (χ2v) is 8.39. The molecular weight excluding hydrogens is 356 g/mol. The van der Waals surface area contributed by atoms with Crippen LogP contribution in [0.3, 0.4) is 0 Å². The summed E-state index contributed by atoms with van der Waals surface area (Å²) in [6.45, 7) is 3.65. The van der Waals surface area contributed by atoms with Crippen molar-refractivity contribution in [3.05, 3.63) is 51.5 Å². The molecule has 26 heavy (non-hydrogen) atoms. The van der Waals surface area contributed by atoms with Gasteiger partial charge in [0.1, 0.15) is 0 Å². The number of fused-ring (bicyclic) bond motifs is 2. The second kappa shape index (κ2) is 5.99. The Balaban J connectivity index is 1.65. The van der Waals surface area contributed by atoms with Gasteiger partial charge in [-0.3, -0.25) is 19.1 Å². The van der Waals surface area contributed by atoms with Gasteiger partial charge in [-0.25, -0.2) is 23.4 Å². The van der Waals surface area contributed by atoms with E-state index in [0.717, 1.165) is 17.6 Å². The molecule has 0 atom stereocenters. The molecule has 4 rings (SSSR count). The maximum Gasteiger partial charge on any atom is 0.256 e. The van der Waals surface area contributed by atoms with Crippen molar-refractivity contribution in [2.45, 2.75) is 31.6 Å². The lowest BCUT2D eigenvalue weighted by Crippen LogP contribution is -2.36. The van der Waals surface area contributed by atoms with Crippen molar-refractivity contribution in [2.24, 2.45) is 0 Å². The van der Waals surface area contributed by atoms with E-state index in [1.54, 1.807) is 6.20 Å². The summed E-state index contributed by atoms with van der Waals surface area (Å²) in [5, 5.41) is -0.265. The van der Waals surface area contributed by atoms with E-state index in [1.807, 2.05) is 23.6 Å². The number of imidazole rings is 1. The van der Waals surface area contributed by atoms with Crippen LogP contribution in [0.25, 0.3) is 5.78 Å². The summed E-state index contributed by atoms with van der Waals surface area (Å²) in [5.74, 6) is 0.648. The Morgan fingerprint density at radius 3 is 2.88 bits per heavy atom. The fourth-order valence-corrected chi connectivity index (χ4v) is 3.77. The van der Waals surface area contributed by atoms with Crippen molar-refractivity contribution in [3.8, 4) is 0 Å². The predicted octanol–water partition coefficient (Wildman–Crippen LogP) is 0.0828. The van der Waals surface area contributed by atoms with E-state index in [2.05, 4.69) is 24.8 Å². The summed E-state index contributed by atoms with van der Waals surface area (Å²) in [5.41, 5.74) is 2.61. The van der Waals surface area contributed by atoms with Gasteiger partial charge in [0.15, 0.2) is 0 Å². The number of aryl methyl sites for hydroxylation is 1. The van der Waals surface area contributed by atoms with Gasteiger partial charge in [-0.2, -0.15) is 0 Å². The van der Waals surface area contributed by atoms with E-state index in [1.165, 1.54) is 0 Å². The lowest BCUT2D eigenvalue weighted by molar-refractivity contribution is 0.237. The summed E-state index contributed by atoms with van der Waals surface area (Å²) in [7, 11) is -3.54. The van der Waals surface area contributed by atoms with E-state index < -0.39 is 15.4 Å². The number of H-pyrrole nitrogens is 1. The van der Waals surface area contributed by atoms with Crippen molar-refractivity contribution < 1.29 is 8.42 Å². The van der Waals surface area contributed by atoms with Crippen molar-refractivity contribution in [3.63, 3.8) is 0 Å². The number of aromatic amines is 1. The van der Waals surface area contributed by atoms with Crippen LogP contribution in [0.1, 0.15) is 22.6 Å². The number of sulfone groups is 1. The molecule has 1 aliphatic rings. The maximum absolute atomic E-state index is 12.3. The van der Waals surface area contributed by atoms with Gasteiger partial charge in [0.2, 0.25) is 20.8 Å². The molecule has 10 heteroatoms. The normalized spacial score (nSPS) is 15.3. The van der Waals surface area contributed by atoms with Crippen LogP contribution in [-0.2, 0) is 29.3 Å². The van der Waals surface area contributed by atoms with Crippen LogP contribution >= 0.6 is 0 Å². The minimum atomic E-state index is -3.54. The molecule has 0 radical (unpaired) electrons. The van der Waals surface area contributed by atoms with Gasteiger partial charge >= 0.3 is 0 Å². The first-order valence-electron chi connectivity index (χ1n) is 8.16. The summed E-state index contributed by atoms with van der Waals surface area (Å²) in [6.07, 6.45) is 5.18. The molecule has 9 nitrogen and oxygen atoms in total. The fourth-order valence-electron chi connectivity index (χ4n) is 3.22. The number of hydrogen-bond acceptors (Lipinski definition) is 7. The van der Waals surface area contributed by atoms with Crippen molar-refractivity contribution in [2.75, 3.05) is 12.8 Å². The standard InChI is InChI=1S/C16H18N6O3S/c1-10-13(22-6-3-5-17-15(22)18-10)9-21-7-4-12-11(8-21)14(23)20-16(19-12)26(2,24)25/h3,5-6H,4,7-9H2,1-2H3,(H,19,20,23). The zero-order chi connectivity index (χ0) is 18.5. The average molecular weight is 374 g/mol. The third-order valence-corrected chi connectivity index (χ3v) is 5.45. The monoisotopic (exact) mass is 374 g/mol. The predicted molar refractivity (Wildman–Crippen MR) is 93.5 cm³/mol. The van der Waals surface area contributed by atoms with Crippen LogP contribution in [0.15, 0.2) is 28.4 Å². The highest BCUT2D eigenvalue weighted by molar-refractivity contribution is 7.90. The Labute approximate surface area is 149 Å². The molecule has 0 spiro atoms. The van der Waals surface area contributed by atoms with Gasteiger partial charge in [0.05, 0.1) is 22.6 Å². The SMILES string of the molecule is Cc1nc2ncccn2c1CN1CCc2nc(S(C)(=O)=O)[nH]c(=O)c2C1. The Morgan fingerprint density at radius 1 is 1.31 bits per heavy atom. The smallest absolute Gasteiger partial charge is 0.256 e. The number of nitrogens with one attached hydrogen (secondary N) is 1. The van der Waals surface area contributed by atoms with Gasteiger partial charge in [-0.05, 0) is 13.0 Å². The number of hydrogen-bond donors (Lipinski definition) is 1. The zero-order valence-corrected chi connectivity index (χ0v) is 15.2. The third kappa shape index (κ3) is 2.90. The maximum atomic E-state index is 12.3. The van der Waals surface area contributed by atoms with Crippen LogP contribution in [0.2, 0.25) is 0 Å². The molecule has 0 amide bonds. The summed E-state index contributed by atoms with van der Waals surface area (Å²) < 4.78 is 25.2. The summed E-state index contributed by atoms with van der Waals surface area (Å²) >= 11 is 0. The molecule has 1 aliphatic heterocycles. The molecular formula is C16H18N6O3S. The Morgan fingerprint density at radius 2 is 2.12 bits per heavy atom. The van der Waals surface area contributed by atoms with E-state index in [-0.39, 0.29) is 5.16 Å². The van der Waals surface area contributed by atoms with Gasteiger partial charge < -0.3 is 0 Å².